The van der Waals surface area contributed by atoms with Crippen molar-refractivity contribution in [3.05, 3.63) is 11.7 Å². The van der Waals surface area contributed by atoms with E-state index in [0.29, 0.717) is 37.5 Å². The molecule has 6 nitrogen and oxygen atoms in total. The molecule has 0 spiro atoms. The highest BCUT2D eigenvalue weighted by Crippen LogP contribution is 2.02. The van der Waals surface area contributed by atoms with Crippen molar-refractivity contribution in [1.82, 2.24) is 15.5 Å². The maximum absolute atomic E-state index is 11.1. The standard InChI is InChI=1S/C9H15N3O3/c1-7-11-9(15-12-7)4-2-3-8(14)10-5-6-13/h13H,2-6H2,1H3,(H,10,14). The molecule has 0 unspecified atom stereocenters. The first-order valence-electron chi connectivity index (χ1n) is 4.89. The van der Waals surface area contributed by atoms with E-state index in [-0.39, 0.29) is 12.5 Å². The lowest BCUT2D eigenvalue weighted by Crippen LogP contribution is -2.26. The first-order chi connectivity index (χ1) is 7.22. The summed E-state index contributed by atoms with van der Waals surface area (Å²) in [6, 6.07) is 0. The van der Waals surface area contributed by atoms with E-state index < -0.39 is 0 Å². The van der Waals surface area contributed by atoms with Crippen molar-refractivity contribution >= 4 is 5.91 Å². The van der Waals surface area contributed by atoms with Gasteiger partial charge in [-0.3, -0.25) is 4.79 Å². The molecule has 0 aliphatic heterocycles. The minimum atomic E-state index is -0.0692. The Morgan fingerprint density at radius 3 is 3.00 bits per heavy atom. The van der Waals surface area contributed by atoms with E-state index in [1.165, 1.54) is 0 Å². The van der Waals surface area contributed by atoms with Gasteiger partial charge < -0.3 is 14.9 Å². The van der Waals surface area contributed by atoms with Gasteiger partial charge in [0.1, 0.15) is 0 Å². The summed E-state index contributed by atoms with van der Waals surface area (Å²) >= 11 is 0. The van der Waals surface area contributed by atoms with E-state index in [4.69, 9.17) is 9.63 Å². The van der Waals surface area contributed by atoms with Gasteiger partial charge in [-0.15, -0.1) is 0 Å². The van der Waals surface area contributed by atoms with Gasteiger partial charge in [0, 0.05) is 19.4 Å². The molecular formula is C9H15N3O3. The van der Waals surface area contributed by atoms with Gasteiger partial charge in [-0.25, -0.2) is 0 Å². The normalized spacial score (nSPS) is 10.3. The van der Waals surface area contributed by atoms with Crippen LogP contribution in [0.1, 0.15) is 24.6 Å². The van der Waals surface area contributed by atoms with Crippen LogP contribution >= 0.6 is 0 Å². The smallest absolute Gasteiger partial charge is 0.226 e. The van der Waals surface area contributed by atoms with Crippen LogP contribution in [-0.4, -0.2) is 34.3 Å². The van der Waals surface area contributed by atoms with E-state index in [0.717, 1.165) is 0 Å². The molecule has 0 fully saturated rings. The largest absolute Gasteiger partial charge is 0.395 e. The molecule has 0 aliphatic carbocycles. The molecule has 1 heterocycles. The van der Waals surface area contributed by atoms with Gasteiger partial charge in [0.15, 0.2) is 5.82 Å². The Balaban J connectivity index is 2.13. The number of aliphatic hydroxyl groups is 1. The predicted molar refractivity (Wildman–Crippen MR) is 52.1 cm³/mol. The van der Waals surface area contributed by atoms with Crippen LogP contribution in [0, 0.1) is 6.92 Å². The van der Waals surface area contributed by atoms with Gasteiger partial charge in [0.05, 0.1) is 6.61 Å². The van der Waals surface area contributed by atoms with E-state index in [9.17, 15) is 4.79 Å². The number of aryl methyl sites for hydroxylation is 2. The number of amides is 1. The second-order valence-corrected chi connectivity index (χ2v) is 3.16. The second-order valence-electron chi connectivity index (χ2n) is 3.16. The number of carbonyl (C=O) groups is 1. The third-order valence-electron chi connectivity index (χ3n) is 1.80. The molecule has 15 heavy (non-hydrogen) atoms. The van der Waals surface area contributed by atoms with Gasteiger partial charge in [0.2, 0.25) is 11.8 Å². The summed E-state index contributed by atoms with van der Waals surface area (Å²) in [5, 5.41) is 14.7. The zero-order valence-corrected chi connectivity index (χ0v) is 8.69. The van der Waals surface area contributed by atoms with Crippen LogP contribution in [0.25, 0.3) is 0 Å². The molecule has 0 radical (unpaired) electrons. The highest BCUT2D eigenvalue weighted by molar-refractivity contribution is 5.75. The van der Waals surface area contributed by atoms with Crippen molar-refractivity contribution in [2.75, 3.05) is 13.2 Å². The number of hydrogen-bond donors (Lipinski definition) is 2. The molecule has 2 N–H and O–H groups in total. The molecular weight excluding hydrogens is 198 g/mol. The van der Waals surface area contributed by atoms with E-state index in [1.807, 2.05) is 0 Å². The van der Waals surface area contributed by atoms with Crippen molar-refractivity contribution in [2.45, 2.75) is 26.2 Å². The number of nitrogens with one attached hydrogen (secondary N) is 1. The number of aliphatic hydroxyl groups excluding tert-OH is 1. The number of hydrogen-bond acceptors (Lipinski definition) is 5. The van der Waals surface area contributed by atoms with Crippen LogP contribution in [0.4, 0.5) is 0 Å². The second kappa shape index (κ2) is 6.13. The fourth-order valence-electron chi connectivity index (χ4n) is 1.13. The van der Waals surface area contributed by atoms with Crippen molar-refractivity contribution in [3.63, 3.8) is 0 Å². The average Bonchev–Trinajstić information content (AvgIpc) is 2.61. The molecule has 1 rings (SSSR count). The van der Waals surface area contributed by atoms with E-state index in [1.54, 1.807) is 6.92 Å². The lowest BCUT2D eigenvalue weighted by molar-refractivity contribution is -0.121. The average molecular weight is 213 g/mol. The fourth-order valence-corrected chi connectivity index (χ4v) is 1.13. The summed E-state index contributed by atoms with van der Waals surface area (Å²) in [4.78, 5) is 15.1. The molecule has 0 aliphatic rings. The molecule has 1 amide bonds. The Hall–Kier alpha value is -1.43. The first-order valence-corrected chi connectivity index (χ1v) is 4.89. The van der Waals surface area contributed by atoms with Gasteiger partial charge >= 0.3 is 0 Å². The Bertz CT molecular complexity index is 311. The van der Waals surface area contributed by atoms with Crippen LogP contribution < -0.4 is 5.32 Å². The summed E-state index contributed by atoms with van der Waals surface area (Å²) in [5.74, 6) is 1.09. The molecule has 84 valence electrons. The zero-order valence-electron chi connectivity index (χ0n) is 8.69. The number of carbonyl (C=O) groups excluding carboxylic acids is 1. The molecule has 0 saturated heterocycles. The maximum Gasteiger partial charge on any atom is 0.226 e. The SMILES string of the molecule is Cc1noc(CCCC(=O)NCCO)n1. The predicted octanol–water partition coefficient (Wildman–Crippen LogP) is -0.191. The minimum absolute atomic E-state index is 0.0331. The Morgan fingerprint density at radius 2 is 2.40 bits per heavy atom. The molecule has 0 atom stereocenters. The van der Waals surface area contributed by atoms with Crippen molar-refractivity contribution in [1.29, 1.82) is 0 Å². The van der Waals surface area contributed by atoms with E-state index >= 15 is 0 Å². The van der Waals surface area contributed by atoms with Gasteiger partial charge in [-0.1, -0.05) is 5.16 Å². The monoisotopic (exact) mass is 213 g/mol. The van der Waals surface area contributed by atoms with Crippen LogP contribution in [-0.2, 0) is 11.2 Å². The topological polar surface area (TPSA) is 88.2 Å². The highest BCUT2D eigenvalue weighted by atomic mass is 16.5. The van der Waals surface area contributed by atoms with Gasteiger partial charge in [-0.2, -0.15) is 4.98 Å². The third-order valence-corrected chi connectivity index (χ3v) is 1.80. The number of nitrogens with zero attached hydrogens (tertiary/aromatic N) is 2. The van der Waals surface area contributed by atoms with Gasteiger partial charge in [-0.05, 0) is 13.3 Å². The number of aromatic nitrogens is 2. The maximum atomic E-state index is 11.1. The summed E-state index contributed by atoms with van der Waals surface area (Å²) < 4.78 is 4.89. The molecule has 1 aromatic rings. The summed E-state index contributed by atoms with van der Waals surface area (Å²) in [6.07, 6.45) is 1.67. The zero-order chi connectivity index (χ0) is 11.1. The van der Waals surface area contributed by atoms with E-state index in [2.05, 4.69) is 15.5 Å². The lowest BCUT2D eigenvalue weighted by Gasteiger charge is -2.00. The van der Waals surface area contributed by atoms with Gasteiger partial charge in [0.25, 0.3) is 0 Å². The van der Waals surface area contributed by atoms with Crippen LogP contribution in [0.15, 0.2) is 4.52 Å². The minimum Gasteiger partial charge on any atom is -0.395 e. The molecule has 1 aromatic heterocycles. The Morgan fingerprint density at radius 1 is 1.60 bits per heavy atom. The van der Waals surface area contributed by atoms with Crippen LogP contribution in [0.5, 0.6) is 0 Å². The third kappa shape index (κ3) is 4.55. The first kappa shape index (κ1) is 11.6. The summed E-state index contributed by atoms with van der Waals surface area (Å²) in [7, 11) is 0. The summed E-state index contributed by atoms with van der Waals surface area (Å²) in [6.45, 7) is 2.02. The highest BCUT2D eigenvalue weighted by Gasteiger charge is 2.04. The van der Waals surface area contributed by atoms with Crippen LogP contribution in [0.2, 0.25) is 0 Å². The Labute approximate surface area is 87.7 Å². The van der Waals surface area contributed by atoms with Crippen molar-refractivity contribution in [2.24, 2.45) is 0 Å². The molecule has 6 heteroatoms. The number of rotatable bonds is 6. The summed E-state index contributed by atoms with van der Waals surface area (Å²) in [5.41, 5.74) is 0. The van der Waals surface area contributed by atoms with Crippen LogP contribution in [0.3, 0.4) is 0 Å². The molecule has 0 aromatic carbocycles. The lowest BCUT2D eigenvalue weighted by atomic mass is 10.2. The van der Waals surface area contributed by atoms with Crippen molar-refractivity contribution in [3.8, 4) is 0 Å². The fraction of sp³-hybridized carbons (Fsp3) is 0.667. The quantitative estimate of drug-likeness (QED) is 0.683. The molecule has 0 saturated carbocycles. The molecule has 0 bridgehead atoms. The van der Waals surface area contributed by atoms with Crippen molar-refractivity contribution < 1.29 is 14.4 Å². The Kier molecular flexibility index (Phi) is 4.76.